The summed E-state index contributed by atoms with van der Waals surface area (Å²) in [4.78, 5) is 35.4. The predicted molar refractivity (Wildman–Crippen MR) is 165 cm³/mol. The first-order valence-corrected chi connectivity index (χ1v) is 12.9. The average Bonchev–Trinajstić information content (AvgIpc) is 3.00. The van der Waals surface area contributed by atoms with Crippen LogP contribution >= 0.6 is 37.0 Å². The van der Waals surface area contributed by atoms with Crippen LogP contribution in [-0.2, 0) is 59.5 Å². The Bertz CT molecular complexity index is 819. The van der Waals surface area contributed by atoms with E-state index in [-0.39, 0.29) is 39.8 Å². The summed E-state index contributed by atoms with van der Waals surface area (Å²) in [6, 6.07) is 7.83. The monoisotopic (exact) mass is 676 g/mol. The van der Waals surface area contributed by atoms with E-state index in [2.05, 4.69) is 74.4 Å². The van der Waals surface area contributed by atoms with Gasteiger partial charge in [0.2, 0.25) is 0 Å². The van der Waals surface area contributed by atoms with Crippen molar-refractivity contribution in [2.75, 3.05) is 6.16 Å². The zero-order valence-electron chi connectivity index (χ0n) is 21.2. The van der Waals surface area contributed by atoms with E-state index in [9.17, 15) is 5.41 Å². The number of hydrogen-bond donors (Lipinski definition) is 0. The van der Waals surface area contributed by atoms with E-state index in [4.69, 9.17) is 24.4 Å². The Morgan fingerprint density at radius 3 is 1.95 bits per heavy atom. The molecule has 14 heteroatoms. The predicted octanol–water partition coefficient (Wildman–Crippen LogP) is 5.02. The van der Waals surface area contributed by atoms with Crippen LogP contribution in [0.1, 0.15) is 43.7 Å². The molecule has 1 aliphatic rings. The van der Waals surface area contributed by atoms with Gasteiger partial charge in [0.05, 0.1) is 6.07 Å². The van der Waals surface area contributed by atoms with Crippen LogP contribution < -0.4 is 0 Å². The third-order valence-electron chi connectivity index (χ3n) is 3.44. The van der Waals surface area contributed by atoms with Crippen molar-refractivity contribution in [3.05, 3.63) is 75.8 Å². The van der Waals surface area contributed by atoms with Crippen LogP contribution in [0.3, 0.4) is 0 Å². The van der Waals surface area contributed by atoms with Gasteiger partial charge in [0.25, 0.3) is 0 Å². The van der Waals surface area contributed by atoms with E-state index >= 15 is 0 Å². The molecule has 38 heavy (non-hydrogen) atoms. The topological polar surface area (TPSA) is 141 Å². The Morgan fingerprint density at radius 2 is 1.58 bits per heavy atom. The molecule has 208 valence electrons. The number of rotatable bonds is 5. The molecule has 0 saturated carbocycles. The zero-order chi connectivity index (χ0) is 29.4. The normalized spacial score (nSPS) is 11.0. The molecule has 0 aromatic carbocycles. The van der Waals surface area contributed by atoms with Crippen molar-refractivity contribution in [1.82, 2.24) is 4.98 Å². The maximum absolute atomic E-state index is 9.59. The third kappa shape index (κ3) is 31.0. The van der Waals surface area contributed by atoms with E-state index in [1.165, 1.54) is 0 Å². The van der Waals surface area contributed by atoms with Gasteiger partial charge < -0.3 is 29.9 Å². The standard InChI is InChI=1S/C10H15N2P2.C7H10NP2.C3H5N.4CHO.2Mn/c1-2-8(11)10(14)9-5-3-4-7(6-13)12-9;9-4-6-2-1-3-7(5-10)8-6;1-2-3-4;4*1-2;;/h3-5,10H,2,6,13-14H2,1H3;1-4H,5,9-10H2;2H2,1H3;4*1H;;/q2*-1;;4*-1;2*+3. The molecule has 0 spiro atoms. The van der Waals surface area contributed by atoms with Crippen molar-refractivity contribution in [1.29, 1.82) is 5.26 Å². The van der Waals surface area contributed by atoms with Crippen molar-refractivity contribution in [3.63, 3.8) is 0 Å². The molecule has 5 atom stereocenters. The Balaban J connectivity index is -0.0000000707. The van der Waals surface area contributed by atoms with Gasteiger partial charge in [-0.15, -0.1) is 42.7 Å². The third-order valence-corrected chi connectivity index (χ3v) is 5.35. The summed E-state index contributed by atoms with van der Waals surface area (Å²) in [6.07, 6.45) is 9.08. The molecule has 5 unspecified atom stereocenters. The summed E-state index contributed by atoms with van der Waals surface area (Å²) in [5.41, 5.74) is 4.49. The quantitative estimate of drug-likeness (QED) is 0.141. The average molecular weight is 676 g/mol. The Kier molecular flexibility index (Phi) is 63.8. The summed E-state index contributed by atoms with van der Waals surface area (Å²) < 4.78 is 0. The molecular weight excluding hydrogens is 642 g/mol. The number of hydrogen-bond acceptors (Lipinski definition) is 6. The summed E-state index contributed by atoms with van der Waals surface area (Å²) in [5, 5.41) is 21.5. The summed E-state index contributed by atoms with van der Waals surface area (Å²) in [6.45, 7) is 16.8. The molecule has 0 bridgehead atoms. The van der Waals surface area contributed by atoms with E-state index in [1.54, 1.807) is 0 Å². The van der Waals surface area contributed by atoms with Gasteiger partial charge in [0.1, 0.15) is 0 Å². The molecule has 0 saturated heterocycles. The maximum Gasteiger partial charge on any atom is 3.00 e. The second kappa shape index (κ2) is 45.7. The molecule has 1 aromatic heterocycles. The van der Waals surface area contributed by atoms with Gasteiger partial charge in [-0.2, -0.15) is 16.7 Å². The fraction of sp³-hybridized carbons (Fsp3) is 0.292. The van der Waals surface area contributed by atoms with Crippen LogP contribution in [0.25, 0.3) is 10.7 Å². The second-order valence-corrected chi connectivity index (χ2v) is 7.33. The van der Waals surface area contributed by atoms with Crippen molar-refractivity contribution >= 4 is 69.8 Å². The van der Waals surface area contributed by atoms with Crippen molar-refractivity contribution in [2.45, 2.75) is 38.5 Å². The number of nitrogens with zero attached hydrogens (tertiary/aromatic N) is 4. The van der Waals surface area contributed by atoms with Crippen molar-refractivity contribution in [3.8, 4) is 6.07 Å². The summed E-state index contributed by atoms with van der Waals surface area (Å²) >= 11 is 0. The maximum atomic E-state index is 9.59. The molecule has 1 aromatic rings. The van der Waals surface area contributed by atoms with Crippen LogP contribution in [0.2, 0.25) is 0 Å². The number of nitriles is 1. The Labute approximate surface area is 258 Å². The van der Waals surface area contributed by atoms with Crippen LogP contribution in [-0.4, -0.2) is 44.0 Å². The summed E-state index contributed by atoms with van der Waals surface area (Å²) in [5.74, 6) is 1.92. The molecule has 0 N–H and O–H groups in total. The second-order valence-electron chi connectivity index (χ2n) is 5.52. The van der Waals surface area contributed by atoms with E-state index in [1.807, 2.05) is 62.2 Å². The van der Waals surface area contributed by atoms with Crippen LogP contribution in [0.15, 0.2) is 53.6 Å². The number of aromatic nitrogens is 1. The molecule has 0 fully saturated rings. The Hall–Kier alpha value is -1.23. The first-order chi connectivity index (χ1) is 17.5. The molecule has 0 radical (unpaired) electrons. The van der Waals surface area contributed by atoms with Gasteiger partial charge >= 0.3 is 34.1 Å². The fourth-order valence-electron chi connectivity index (χ4n) is 1.88. The minimum absolute atomic E-state index is 0. The van der Waals surface area contributed by atoms with E-state index < -0.39 is 0 Å². The molecule has 1 aliphatic heterocycles. The van der Waals surface area contributed by atoms with E-state index in [0.717, 1.165) is 35.1 Å². The Morgan fingerprint density at radius 1 is 1.08 bits per heavy atom. The minimum atomic E-state index is -0.0449. The number of allylic oxidation sites excluding steroid dienone is 4. The van der Waals surface area contributed by atoms with Gasteiger partial charge in [-0.05, 0) is 18.3 Å². The minimum Gasteiger partial charge on any atom is -0.810 e. The van der Waals surface area contributed by atoms with Gasteiger partial charge in [-0.3, -0.25) is 32.1 Å². The fourth-order valence-corrected chi connectivity index (χ4v) is 2.94. The molecule has 2 rings (SSSR count). The first kappa shape index (κ1) is 53.1. The van der Waals surface area contributed by atoms with Crippen LogP contribution in [0.5, 0.6) is 0 Å². The van der Waals surface area contributed by atoms with Crippen molar-refractivity contribution < 1.29 is 53.3 Å². The van der Waals surface area contributed by atoms with Crippen LogP contribution in [0, 0.1) is 11.3 Å². The van der Waals surface area contributed by atoms with Gasteiger partial charge in [0, 0.05) is 29.6 Å². The number of carbonyl (C=O) groups excluding carboxylic acids is 4. The van der Waals surface area contributed by atoms with E-state index in [0.29, 0.717) is 18.6 Å². The molecule has 8 nitrogen and oxygen atoms in total. The van der Waals surface area contributed by atoms with Gasteiger partial charge in [-0.25, -0.2) is 0 Å². The van der Waals surface area contributed by atoms with Gasteiger partial charge in [0.15, 0.2) is 0 Å². The largest absolute Gasteiger partial charge is 3.00 e. The summed E-state index contributed by atoms with van der Waals surface area (Å²) in [7, 11) is 10.5. The zero-order valence-corrected chi connectivity index (χ0v) is 28.2. The first-order valence-electron chi connectivity index (χ1n) is 9.95. The molecule has 0 aliphatic carbocycles. The van der Waals surface area contributed by atoms with Crippen molar-refractivity contribution in [2.24, 2.45) is 0 Å². The van der Waals surface area contributed by atoms with Crippen LogP contribution in [0.4, 0.5) is 0 Å². The molecule has 2 heterocycles. The number of pyridine rings is 1. The molecule has 0 amide bonds. The van der Waals surface area contributed by atoms with Gasteiger partial charge in [-0.1, -0.05) is 50.4 Å². The smallest absolute Gasteiger partial charge is 0.810 e. The molecular formula is C24H34Mn2N4O4P4. The SMILES string of the molecule is CCC#N.CCC(=[N-])C(P)c1cccc(CP)n1.PC=C1C=CC=C(CP)[N-]1.[CH-]=O.[CH-]=O.[CH-]=O.[CH-]=O.[Mn+3].[Mn+3].